The predicted octanol–water partition coefficient (Wildman–Crippen LogP) is 7.96. The summed E-state index contributed by atoms with van der Waals surface area (Å²) in [6, 6.07) is 0. The molecule has 0 radical (unpaired) electrons. The highest BCUT2D eigenvalue weighted by Crippen LogP contribution is 2.13. The number of hydrogen-bond donors (Lipinski definition) is 0. The highest BCUT2D eigenvalue weighted by molar-refractivity contribution is 6.63. The van der Waals surface area contributed by atoms with Crippen molar-refractivity contribution in [1.29, 1.82) is 0 Å². The van der Waals surface area contributed by atoms with Crippen molar-refractivity contribution in [2.24, 2.45) is 0 Å². The van der Waals surface area contributed by atoms with Gasteiger partial charge in [0.25, 0.3) is 0 Å². The van der Waals surface area contributed by atoms with Crippen molar-refractivity contribution in [1.82, 2.24) is 0 Å². The van der Waals surface area contributed by atoms with E-state index >= 15 is 0 Å². The number of halogens is 1. The summed E-state index contributed by atoms with van der Waals surface area (Å²) in [6.07, 6.45) is 26.4. The summed E-state index contributed by atoms with van der Waals surface area (Å²) in [7, 11) is 0. The van der Waals surface area contributed by atoms with Crippen molar-refractivity contribution >= 4 is 16.8 Å². The number of hydrogen-bond acceptors (Lipinski definition) is 1. The molecule has 0 aliphatic rings. The minimum atomic E-state index is -0.230. The lowest BCUT2D eigenvalue weighted by molar-refractivity contribution is -0.111. The van der Waals surface area contributed by atoms with Crippen LogP contribution in [0.25, 0.3) is 0 Å². The van der Waals surface area contributed by atoms with Gasteiger partial charge in [-0.05, 0) is 30.9 Å². The van der Waals surface area contributed by atoms with Crippen LogP contribution in [-0.2, 0) is 4.79 Å². The van der Waals surface area contributed by atoms with E-state index in [0.29, 0.717) is 6.42 Å². The van der Waals surface area contributed by atoms with Crippen LogP contribution in [0.15, 0.2) is 12.2 Å². The average Bonchev–Trinajstić information content (AvgIpc) is 2.53. The van der Waals surface area contributed by atoms with Crippen LogP contribution in [0, 0.1) is 0 Å². The van der Waals surface area contributed by atoms with Crippen LogP contribution in [0.3, 0.4) is 0 Å². The van der Waals surface area contributed by atoms with Gasteiger partial charge in [0.1, 0.15) is 0 Å². The largest absolute Gasteiger partial charge is 0.281 e. The summed E-state index contributed by atoms with van der Waals surface area (Å²) >= 11 is 5.28. The molecule has 0 aromatic heterocycles. The maximum atomic E-state index is 10.5. The third-order valence-corrected chi connectivity index (χ3v) is 4.59. The molecule has 0 aromatic rings. The Morgan fingerprint density at radius 2 is 1.04 bits per heavy atom. The number of unbranched alkanes of at least 4 members (excludes halogenated alkanes) is 14. The number of carbonyl (C=O) groups is 1. The fraction of sp³-hybridized carbons (Fsp3) is 0.857. The Morgan fingerprint density at radius 1 is 0.652 bits per heavy atom. The third kappa shape index (κ3) is 21.7. The molecule has 0 heterocycles. The monoisotopic (exact) mass is 342 g/mol. The molecule has 0 spiro atoms. The van der Waals surface area contributed by atoms with Crippen LogP contribution in [0.4, 0.5) is 0 Å². The molecule has 0 rings (SSSR count). The molecule has 0 aliphatic carbocycles. The first-order chi connectivity index (χ1) is 11.3. The number of allylic oxidation sites excluding steroid dienone is 2. The molecular formula is C21H39ClO. The molecule has 1 nitrogen and oxygen atoms in total. The lowest BCUT2D eigenvalue weighted by Crippen LogP contribution is -1.83. The molecule has 2 heteroatoms. The lowest BCUT2D eigenvalue weighted by atomic mass is 10.0. The van der Waals surface area contributed by atoms with Crippen molar-refractivity contribution in [3.05, 3.63) is 12.2 Å². The molecule has 0 saturated carbocycles. The van der Waals surface area contributed by atoms with Gasteiger partial charge in [-0.25, -0.2) is 0 Å². The Morgan fingerprint density at radius 3 is 1.48 bits per heavy atom. The molecular weight excluding hydrogens is 304 g/mol. The molecule has 0 bridgehead atoms. The Kier molecular flexibility index (Phi) is 19.5. The quantitative estimate of drug-likeness (QED) is 0.140. The second-order valence-electron chi connectivity index (χ2n) is 6.75. The summed E-state index contributed by atoms with van der Waals surface area (Å²) in [6.45, 7) is 2.28. The minimum Gasteiger partial charge on any atom is -0.281 e. The van der Waals surface area contributed by atoms with Gasteiger partial charge in [0, 0.05) is 6.42 Å². The van der Waals surface area contributed by atoms with Gasteiger partial charge < -0.3 is 0 Å². The molecule has 0 N–H and O–H groups in total. The third-order valence-electron chi connectivity index (χ3n) is 4.40. The topological polar surface area (TPSA) is 17.1 Å². The molecule has 0 saturated heterocycles. The first-order valence-corrected chi connectivity index (χ1v) is 10.5. The fourth-order valence-electron chi connectivity index (χ4n) is 2.89. The fourth-order valence-corrected chi connectivity index (χ4v) is 3.00. The van der Waals surface area contributed by atoms with E-state index < -0.39 is 0 Å². The first kappa shape index (κ1) is 22.7. The second-order valence-corrected chi connectivity index (χ2v) is 7.17. The van der Waals surface area contributed by atoms with Crippen LogP contribution in [0.5, 0.6) is 0 Å². The van der Waals surface area contributed by atoms with Crippen LogP contribution >= 0.6 is 11.6 Å². The van der Waals surface area contributed by atoms with Crippen molar-refractivity contribution in [2.75, 3.05) is 0 Å². The Hall–Kier alpha value is -0.300. The van der Waals surface area contributed by atoms with Gasteiger partial charge >= 0.3 is 0 Å². The Balaban J connectivity index is 3.04. The average molecular weight is 343 g/mol. The van der Waals surface area contributed by atoms with E-state index in [9.17, 15) is 4.79 Å². The molecule has 23 heavy (non-hydrogen) atoms. The Labute approximate surface area is 150 Å². The number of carbonyl (C=O) groups excluding carboxylic acids is 1. The summed E-state index contributed by atoms with van der Waals surface area (Å²) in [5.74, 6) is 0. The van der Waals surface area contributed by atoms with Gasteiger partial charge in [0.2, 0.25) is 5.24 Å². The van der Waals surface area contributed by atoms with Gasteiger partial charge in [-0.15, -0.1) is 0 Å². The van der Waals surface area contributed by atoms with E-state index in [4.69, 9.17) is 11.6 Å². The van der Waals surface area contributed by atoms with Gasteiger partial charge in [0.15, 0.2) is 0 Å². The van der Waals surface area contributed by atoms with Gasteiger partial charge in [-0.1, -0.05) is 103 Å². The van der Waals surface area contributed by atoms with Crippen LogP contribution in [0.2, 0.25) is 0 Å². The summed E-state index contributed by atoms with van der Waals surface area (Å²) < 4.78 is 0. The van der Waals surface area contributed by atoms with E-state index in [-0.39, 0.29) is 5.24 Å². The van der Waals surface area contributed by atoms with Crippen molar-refractivity contribution in [3.63, 3.8) is 0 Å². The van der Waals surface area contributed by atoms with Crippen molar-refractivity contribution in [2.45, 2.75) is 116 Å². The van der Waals surface area contributed by atoms with Gasteiger partial charge in [-0.3, -0.25) is 4.79 Å². The summed E-state index contributed by atoms with van der Waals surface area (Å²) in [4.78, 5) is 10.5. The Bertz CT molecular complexity index is 273. The predicted molar refractivity (Wildman–Crippen MR) is 104 cm³/mol. The van der Waals surface area contributed by atoms with Gasteiger partial charge in [-0.2, -0.15) is 0 Å². The second kappa shape index (κ2) is 19.7. The highest BCUT2D eigenvalue weighted by atomic mass is 35.5. The van der Waals surface area contributed by atoms with E-state index in [2.05, 4.69) is 19.1 Å². The zero-order valence-corrected chi connectivity index (χ0v) is 16.2. The number of rotatable bonds is 18. The standard InChI is InChI=1S/C21H39ClO/c1-2-3-4-5-6-7-8-9-10-11-12-13-14-15-16-17-18-19-20-21(22)23/h17-18H,2-16,19-20H2,1H3/b18-17+. The molecule has 0 aliphatic heterocycles. The summed E-state index contributed by atoms with van der Waals surface area (Å²) in [5.41, 5.74) is 0. The molecule has 136 valence electrons. The maximum absolute atomic E-state index is 10.5. The van der Waals surface area contributed by atoms with Crippen LogP contribution in [-0.4, -0.2) is 5.24 Å². The van der Waals surface area contributed by atoms with Gasteiger partial charge in [0.05, 0.1) is 0 Å². The smallest absolute Gasteiger partial charge is 0.221 e. The normalized spacial score (nSPS) is 11.4. The van der Waals surface area contributed by atoms with Crippen molar-refractivity contribution in [3.8, 4) is 0 Å². The lowest BCUT2D eigenvalue weighted by Gasteiger charge is -2.02. The van der Waals surface area contributed by atoms with Crippen LogP contribution < -0.4 is 0 Å². The van der Waals surface area contributed by atoms with E-state index in [1.54, 1.807) is 0 Å². The molecule has 0 unspecified atom stereocenters. The van der Waals surface area contributed by atoms with E-state index in [1.165, 1.54) is 89.9 Å². The van der Waals surface area contributed by atoms with Crippen molar-refractivity contribution < 1.29 is 4.79 Å². The van der Waals surface area contributed by atoms with E-state index in [1.807, 2.05) is 0 Å². The zero-order chi connectivity index (χ0) is 17.0. The summed E-state index contributed by atoms with van der Waals surface area (Å²) in [5, 5.41) is -0.230. The zero-order valence-electron chi connectivity index (χ0n) is 15.5. The molecule has 0 aromatic carbocycles. The first-order valence-electron chi connectivity index (χ1n) is 10.1. The minimum absolute atomic E-state index is 0.230. The molecule has 0 fully saturated rings. The SMILES string of the molecule is CCCCCCCCCCCCCCCC/C=C/CCC(=O)Cl. The molecule has 0 amide bonds. The van der Waals surface area contributed by atoms with Crippen LogP contribution in [0.1, 0.15) is 116 Å². The highest BCUT2D eigenvalue weighted by Gasteiger charge is 1.94. The van der Waals surface area contributed by atoms with E-state index in [0.717, 1.165) is 12.8 Å². The maximum Gasteiger partial charge on any atom is 0.221 e. The molecule has 0 atom stereocenters.